The van der Waals surface area contributed by atoms with Crippen molar-refractivity contribution in [2.24, 2.45) is 9.98 Å². The number of carbonyl (C=O) groups is 2. The smallest absolute Gasteiger partial charge is 0.542 e. The van der Waals surface area contributed by atoms with Crippen LogP contribution in [0.1, 0.15) is 40.5 Å². The maximum atomic E-state index is 10.9. The second-order valence-corrected chi connectivity index (χ2v) is 6.76. The van der Waals surface area contributed by atoms with Gasteiger partial charge in [-0.15, -0.1) is 0 Å². The average Bonchev–Trinajstić information content (AvgIpc) is 3.31. The van der Waals surface area contributed by atoms with Crippen molar-refractivity contribution in [3.05, 3.63) is 46.8 Å². The number of carboxylic acids is 2. The molecule has 0 saturated carbocycles. The Morgan fingerprint density at radius 2 is 1.16 bits per heavy atom. The van der Waals surface area contributed by atoms with Crippen molar-refractivity contribution in [2.75, 3.05) is 27.2 Å². The fourth-order valence-corrected chi connectivity index (χ4v) is 3.18. The number of aliphatic imine (C=N–C) groups is 2. The van der Waals surface area contributed by atoms with Crippen LogP contribution in [0.2, 0.25) is 0 Å². The zero-order valence-corrected chi connectivity index (χ0v) is 19.9. The molecule has 171 valence electrons. The number of likely N-dealkylation sites (N-methyl/N-ethyl adjacent to an activating group) is 2. The number of carboxylic acid groups (broad SMARTS) is 2. The van der Waals surface area contributed by atoms with Gasteiger partial charge < -0.3 is 29.6 Å². The van der Waals surface area contributed by atoms with Gasteiger partial charge in [-0.1, -0.05) is 24.3 Å². The minimum Gasteiger partial charge on any atom is -0.542 e. The van der Waals surface area contributed by atoms with E-state index in [1.54, 1.807) is 37.7 Å². The molecule has 1 radical (unpaired) electrons. The molecule has 0 spiro atoms. The van der Waals surface area contributed by atoms with Crippen LogP contribution in [0.5, 0.6) is 0 Å². The summed E-state index contributed by atoms with van der Waals surface area (Å²) in [6.45, 7) is 8.37. The summed E-state index contributed by atoms with van der Waals surface area (Å²) in [6.07, 6.45) is 9.45. The number of amidine groups is 2. The van der Waals surface area contributed by atoms with Crippen molar-refractivity contribution in [2.45, 2.75) is 40.5 Å². The first kappa shape index (κ1) is 28.3. The number of carbonyl (C=O) groups excluding carboxylic acids is 2. The van der Waals surface area contributed by atoms with Gasteiger partial charge in [-0.25, -0.2) is 0 Å². The molecule has 0 fully saturated rings. The summed E-state index contributed by atoms with van der Waals surface area (Å²) in [5.41, 5.74) is 4.07. The Morgan fingerprint density at radius 1 is 0.839 bits per heavy atom. The third kappa shape index (κ3) is 7.84. The van der Waals surface area contributed by atoms with Gasteiger partial charge in [0.1, 0.15) is 11.9 Å². The quantitative estimate of drug-likeness (QED) is 0.438. The molecule has 2 aliphatic carbocycles. The molecule has 2 rings (SSSR count). The molecule has 0 atom stereocenters. The summed E-state index contributed by atoms with van der Waals surface area (Å²) in [4.78, 5) is 32.8. The van der Waals surface area contributed by atoms with Crippen molar-refractivity contribution in [1.82, 2.24) is 9.80 Å². The molecule has 31 heavy (non-hydrogen) atoms. The molecule has 0 unspecified atom stereocenters. The van der Waals surface area contributed by atoms with Crippen LogP contribution in [0.4, 0.5) is 0 Å². The van der Waals surface area contributed by atoms with Crippen LogP contribution in [0.15, 0.2) is 56.8 Å². The number of hydrogen-bond donors (Lipinski definition) is 0. The molecular formula is C22H30CoN4O4. The molecule has 0 aliphatic heterocycles. The van der Waals surface area contributed by atoms with E-state index in [9.17, 15) is 19.8 Å². The van der Waals surface area contributed by atoms with E-state index in [1.165, 1.54) is 0 Å². The van der Waals surface area contributed by atoms with E-state index in [2.05, 4.69) is 9.98 Å². The maximum Gasteiger partial charge on any atom is 2.00 e. The Bertz CT molecular complexity index is 784. The van der Waals surface area contributed by atoms with E-state index in [-0.39, 0.29) is 28.5 Å². The molecule has 0 aromatic carbocycles. The molecule has 0 bridgehead atoms. The van der Waals surface area contributed by atoms with E-state index < -0.39 is 11.9 Å². The molecular weight excluding hydrogens is 443 g/mol. The van der Waals surface area contributed by atoms with Crippen LogP contribution < -0.4 is 10.2 Å². The first-order chi connectivity index (χ1) is 14.1. The van der Waals surface area contributed by atoms with E-state index in [4.69, 9.17) is 0 Å². The van der Waals surface area contributed by atoms with Gasteiger partial charge in [0.15, 0.2) is 11.7 Å². The molecule has 9 heteroatoms. The maximum absolute atomic E-state index is 10.9. The second kappa shape index (κ2) is 13.6. The van der Waals surface area contributed by atoms with Gasteiger partial charge >= 0.3 is 16.8 Å². The largest absolute Gasteiger partial charge is 2.00 e. The molecule has 0 aromatic rings. The van der Waals surface area contributed by atoms with Crippen molar-refractivity contribution < 1.29 is 36.6 Å². The van der Waals surface area contributed by atoms with Crippen LogP contribution in [-0.2, 0) is 26.4 Å². The van der Waals surface area contributed by atoms with E-state index >= 15 is 0 Å². The number of aliphatic carboxylic acids is 2. The Labute approximate surface area is 194 Å². The summed E-state index contributed by atoms with van der Waals surface area (Å²) >= 11 is 0. The van der Waals surface area contributed by atoms with Crippen molar-refractivity contribution in [3.8, 4) is 0 Å². The monoisotopic (exact) mass is 473 g/mol. The van der Waals surface area contributed by atoms with E-state index in [1.807, 2.05) is 38.2 Å². The zero-order valence-electron chi connectivity index (χ0n) is 18.9. The number of rotatable bonds is 4. The molecule has 2 aliphatic rings. The summed E-state index contributed by atoms with van der Waals surface area (Å²) in [5, 5.41) is 21.7. The Hall–Kier alpha value is -2.65. The van der Waals surface area contributed by atoms with Gasteiger partial charge in [0, 0.05) is 51.4 Å². The Morgan fingerprint density at radius 3 is 1.35 bits per heavy atom. The first-order valence-corrected chi connectivity index (χ1v) is 9.87. The molecule has 0 N–H and O–H groups in total. The topological polar surface area (TPSA) is 111 Å². The van der Waals surface area contributed by atoms with Gasteiger partial charge in [0.25, 0.3) is 0 Å². The summed E-state index contributed by atoms with van der Waals surface area (Å²) < 4.78 is 0. The van der Waals surface area contributed by atoms with Crippen molar-refractivity contribution in [1.29, 1.82) is 0 Å². The summed E-state index contributed by atoms with van der Waals surface area (Å²) in [5.74, 6) is -2.47. The number of nitrogens with zero attached hydrogens (tertiary/aromatic N) is 4. The Balaban J connectivity index is 0.000000562. The molecule has 8 nitrogen and oxygen atoms in total. The van der Waals surface area contributed by atoms with Gasteiger partial charge in [0.2, 0.25) is 0 Å². The summed E-state index contributed by atoms with van der Waals surface area (Å²) in [6, 6.07) is 0. The van der Waals surface area contributed by atoms with Crippen LogP contribution in [0, 0.1) is 0 Å². The molecule has 0 amide bonds. The minimum atomic E-state index is -1.23. The summed E-state index contributed by atoms with van der Waals surface area (Å²) in [7, 11) is 3.41. The van der Waals surface area contributed by atoms with Crippen molar-refractivity contribution in [3.63, 3.8) is 0 Å². The fourth-order valence-electron chi connectivity index (χ4n) is 3.18. The standard InChI is InChI=1S/2C11H16N2O2.Co/c2*1-4-12-10(11(14)15)13(3)9-7-5-6-8(9)2;/h2*5-6H,4,7H2,1-3H3,(H,14,15);/q;;+2/p-2. The van der Waals surface area contributed by atoms with E-state index in [0.717, 1.165) is 35.4 Å². The fraction of sp³-hybridized carbons (Fsp3) is 0.455. The SMILES string of the molecule is CCN=C(C(=O)[O-])N(C)C1=C(C)C=CC1.CCN=C(C(=O)[O-])N(C)C1=C(C)C=CC1.[Co+2]. The van der Waals surface area contributed by atoms with Crippen LogP contribution >= 0.6 is 0 Å². The Kier molecular flexibility index (Phi) is 12.4. The van der Waals surface area contributed by atoms with E-state index in [0.29, 0.717) is 13.1 Å². The van der Waals surface area contributed by atoms with Crippen LogP contribution in [-0.4, -0.2) is 60.6 Å². The number of allylic oxidation sites excluding steroid dienone is 6. The van der Waals surface area contributed by atoms with Gasteiger partial charge in [-0.2, -0.15) is 0 Å². The average molecular weight is 473 g/mol. The number of hydrogen-bond acceptors (Lipinski definition) is 6. The normalized spacial score (nSPS) is 15.5. The van der Waals surface area contributed by atoms with Crippen LogP contribution in [0.3, 0.4) is 0 Å². The van der Waals surface area contributed by atoms with Crippen molar-refractivity contribution >= 4 is 23.6 Å². The first-order valence-electron chi connectivity index (χ1n) is 9.87. The van der Waals surface area contributed by atoms with Gasteiger partial charge in [-0.3, -0.25) is 9.98 Å². The van der Waals surface area contributed by atoms with Gasteiger partial charge in [0.05, 0.1) is 0 Å². The molecule has 0 aromatic heterocycles. The third-order valence-corrected chi connectivity index (χ3v) is 4.69. The zero-order chi connectivity index (χ0) is 22.8. The predicted octanol–water partition coefficient (Wildman–Crippen LogP) is 0.638. The molecule has 0 heterocycles. The van der Waals surface area contributed by atoms with Crippen LogP contribution in [0.25, 0.3) is 0 Å². The predicted molar refractivity (Wildman–Crippen MR) is 114 cm³/mol. The minimum absolute atomic E-state index is 0. The second-order valence-electron chi connectivity index (χ2n) is 6.76. The molecule has 0 saturated heterocycles. The third-order valence-electron chi connectivity index (χ3n) is 4.69. The van der Waals surface area contributed by atoms with Gasteiger partial charge in [-0.05, 0) is 38.8 Å².